The molecule has 0 radical (unpaired) electrons. The van der Waals surface area contributed by atoms with Gasteiger partial charge in [0, 0.05) is 5.69 Å². The number of hydrogen-bond donors (Lipinski definition) is 1. The zero-order chi connectivity index (χ0) is 26.2. The summed E-state index contributed by atoms with van der Waals surface area (Å²) in [5, 5.41) is 4.52. The van der Waals surface area contributed by atoms with Gasteiger partial charge in [-0.15, -0.1) is 11.3 Å². The van der Waals surface area contributed by atoms with E-state index in [-0.39, 0.29) is 24.9 Å². The van der Waals surface area contributed by atoms with Crippen molar-refractivity contribution < 1.29 is 18.7 Å². The summed E-state index contributed by atoms with van der Waals surface area (Å²) in [6.07, 6.45) is 1.49. The van der Waals surface area contributed by atoms with E-state index in [4.69, 9.17) is 21.1 Å². The molecule has 0 aliphatic heterocycles. The number of thiophene rings is 1. The van der Waals surface area contributed by atoms with Crippen molar-refractivity contribution in [3.8, 4) is 17.6 Å². The lowest BCUT2D eigenvalue weighted by molar-refractivity contribution is -0.143. The van der Waals surface area contributed by atoms with Crippen LogP contribution in [0.25, 0.3) is 10.2 Å². The van der Waals surface area contributed by atoms with Gasteiger partial charge in [0.2, 0.25) is 0 Å². The van der Waals surface area contributed by atoms with Crippen molar-refractivity contribution in [3.05, 3.63) is 76.1 Å². The Bertz CT molecular complexity index is 1470. The van der Waals surface area contributed by atoms with Crippen LogP contribution in [0.4, 0.5) is 15.9 Å². The number of benzene rings is 2. The number of halogens is 2. The Morgan fingerprint density at radius 3 is 2.86 bits per heavy atom. The van der Waals surface area contributed by atoms with Gasteiger partial charge in [-0.2, -0.15) is 0 Å². The molecule has 0 unspecified atom stereocenters. The van der Waals surface area contributed by atoms with Gasteiger partial charge in [0.25, 0.3) is 0 Å². The number of carbonyl (C=O) groups excluding carboxylic acids is 1. The molecule has 4 rings (SSSR count). The van der Waals surface area contributed by atoms with Crippen LogP contribution in [0.15, 0.2) is 54.9 Å². The molecule has 37 heavy (non-hydrogen) atoms. The average Bonchev–Trinajstić information content (AvgIpc) is 3.28. The van der Waals surface area contributed by atoms with E-state index in [2.05, 4.69) is 27.1 Å². The quantitative estimate of drug-likeness (QED) is 0.218. The highest BCUT2D eigenvalue weighted by Crippen LogP contribution is 2.33. The largest absolute Gasteiger partial charge is 0.487 e. The average molecular weight is 539 g/mol. The van der Waals surface area contributed by atoms with Gasteiger partial charge < -0.3 is 14.8 Å². The normalized spacial score (nSPS) is 10.7. The number of carbonyl (C=O) groups is 1. The van der Waals surface area contributed by atoms with Crippen LogP contribution < -0.4 is 10.1 Å². The number of esters is 1. The number of fused-ring (bicyclic) bond motifs is 1. The topological polar surface area (TPSA) is 76.6 Å². The highest BCUT2D eigenvalue weighted by Gasteiger charge is 2.11. The van der Waals surface area contributed by atoms with Crippen molar-refractivity contribution in [2.45, 2.75) is 13.5 Å². The summed E-state index contributed by atoms with van der Waals surface area (Å²) in [4.78, 5) is 23.7. The highest BCUT2D eigenvalue weighted by atomic mass is 35.5. The Morgan fingerprint density at radius 1 is 1.22 bits per heavy atom. The van der Waals surface area contributed by atoms with E-state index >= 15 is 0 Å². The molecule has 190 valence electrons. The maximum atomic E-state index is 13.4. The summed E-state index contributed by atoms with van der Waals surface area (Å²) in [6, 6.07) is 13.5. The molecule has 2 heterocycles. The van der Waals surface area contributed by atoms with Crippen molar-refractivity contribution >= 4 is 50.6 Å². The minimum atomic E-state index is -0.313. The summed E-state index contributed by atoms with van der Waals surface area (Å²) in [6.45, 7) is 2.95. The number of nitrogens with zero attached hydrogens (tertiary/aromatic N) is 3. The van der Waals surface area contributed by atoms with E-state index in [0.717, 1.165) is 20.8 Å². The van der Waals surface area contributed by atoms with Crippen LogP contribution in [0.3, 0.4) is 0 Å². The van der Waals surface area contributed by atoms with Crippen LogP contribution in [-0.4, -0.2) is 47.6 Å². The van der Waals surface area contributed by atoms with Gasteiger partial charge in [0.15, 0.2) is 0 Å². The van der Waals surface area contributed by atoms with Crippen LogP contribution in [0.2, 0.25) is 5.02 Å². The molecular weight excluding hydrogens is 515 g/mol. The number of anilines is 2. The maximum absolute atomic E-state index is 13.4. The molecule has 0 aliphatic rings. The number of ether oxygens (including phenoxy) is 2. The number of rotatable bonds is 9. The molecule has 0 atom stereocenters. The van der Waals surface area contributed by atoms with Crippen LogP contribution in [0.5, 0.6) is 5.75 Å². The molecule has 0 fully saturated rings. The second-order valence-electron chi connectivity index (χ2n) is 8.02. The standard InChI is InChI=1S/C27H24ClFN4O3S/c1-3-35-25(34)15-33(2)11-5-8-21-14-22-26(30-17-31-27(22)37-21)32-20-9-10-24(23(28)13-20)36-16-18-6-4-7-19(29)12-18/h4,6-7,9-10,12-14,17H,3,11,15-16H2,1-2H3,(H,30,31,32). The Labute approximate surface area is 223 Å². The summed E-state index contributed by atoms with van der Waals surface area (Å²) in [7, 11) is 1.81. The van der Waals surface area contributed by atoms with Crippen molar-refractivity contribution in [2.75, 3.05) is 32.1 Å². The van der Waals surface area contributed by atoms with E-state index in [1.54, 1.807) is 36.1 Å². The van der Waals surface area contributed by atoms with Crippen molar-refractivity contribution in [1.29, 1.82) is 0 Å². The SMILES string of the molecule is CCOC(=O)CN(C)CC#Cc1cc2c(Nc3ccc(OCc4cccc(F)c4)c(Cl)c3)ncnc2s1. The third-order valence-electron chi connectivity index (χ3n) is 5.07. The van der Waals surface area contributed by atoms with Crippen LogP contribution in [-0.2, 0) is 16.1 Å². The fraction of sp³-hybridized carbons (Fsp3) is 0.222. The predicted octanol–water partition coefficient (Wildman–Crippen LogP) is 5.65. The van der Waals surface area contributed by atoms with E-state index in [9.17, 15) is 9.18 Å². The summed E-state index contributed by atoms with van der Waals surface area (Å²) < 4.78 is 24.1. The smallest absolute Gasteiger partial charge is 0.320 e. The first kappa shape index (κ1) is 26.4. The summed E-state index contributed by atoms with van der Waals surface area (Å²) >= 11 is 7.89. The fourth-order valence-corrected chi connectivity index (χ4v) is 4.49. The molecule has 0 amide bonds. The third-order valence-corrected chi connectivity index (χ3v) is 6.33. The molecule has 0 saturated carbocycles. The zero-order valence-electron chi connectivity index (χ0n) is 20.3. The molecule has 0 saturated heterocycles. The first-order chi connectivity index (χ1) is 17.9. The van der Waals surface area contributed by atoms with Crippen molar-refractivity contribution in [2.24, 2.45) is 0 Å². The Hall–Kier alpha value is -3.71. The van der Waals surface area contributed by atoms with Gasteiger partial charge in [-0.05, 0) is 55.9 Å². The minimum Gasteiger partial charge on any atom is -0.487 e. The second-order valence-corrected chi connectivity index (χ2v) is 9.46. The molecule has 7 nitrogen and oxygen atoms in total. The number of nitrogens with one attached hydrogen (secondary N) is 1. The molecule has 2 aromatic heterocycles. The maximum Gasteiger partial charge on any atom is 0.320 e. The van der Waals surface area contributed by atoms with E-state index in [1.165, 1.54) is 29.8 Å². The van der Waals surface area contributed by atoms with Crippen molar-refractivity contribution in [3.63, 3.8) is 0 Å². The molecular formula is C27H24ClFN4O3S. The number of hydrogen-bond acceptors (Lipinski definition) is 8. The minimum absolute atomic E-state index is 0.186. The third kappa shape index (κ3) is 7.40. The van der Waals surface area contributed by atoms with Gasteiger partial charge in [0.05, 0.1) is 35.0 Å². The monoisotopic (exact) mass is 538 g/mol. The van der Waals surface area contributed by atoms with Gasteiger partial charge in [0.1, 0.15) is 35.1 Å². The van der Waals surface area contributed by atoms with Crippen LogP contribution in [0.1, 0.15) is 17.4 Å². The van der Waals surface area contributed by atoms with Crippen LogP contribution >= 0.6 is 22.9 Å². The number of aromatic nitrogens is 2. The van der Waals surface area contributed by atoms with Gasteiger partial charge in [-0.3, -0.25) is 9.69 Å². The second kappa shape index (κ2) is 12.5. The van der Waals surface area contributed by atoms with E-state index in [0.29, 0.717) is 35.3 Å². The molecule has 4 aromatic rings. The summed E-state index contributed by atoms with van der Waals surface area (Å²) in [5.41, 5.74) is 1.44. The Balaban J connectivity index is 1.42. The lowest BCUT2D eigenvalue weighted by atomic mass is 10.2. The van der Waals surface area contributed by atoms with Gasteiger partial charge in [-0.25, -0.2) is 14.4 Å². The van der Waals surface area contributed by atoms with Gasteiger partial charge in [-0.1, -0.05) is 35.6 Å². The van der Waals surface area contributed by atoms with E-state index < -0.39 is 0 Å². The van der Waals surface area contributed by atoms with Crippen molar-refractivity contribution in [1.82, 2.24) is 14.9 Å². The Kier molecular flexibility index (Phi) is 8.90. The van der Waals surface area contributed by atoms with Crippen LogP contribution in [0, 0.1) is 17.7 Å². The lowest BCUT2D eigenvalue weighted by Gasteiger charge is -2.11. The number of likely N-dealkylation sites (N-methyl/N-ethyl adjacent to an activating group) is 1. The highest BCUT2D eigenvalue weighted by molar-refractivity contribution is 7.19. The summed E-state index contributed by atoms with van der Waals surface area (Å²) in [5.74, 6) is 6.73. The van der Waals surface area contributed by atoms with E-state index in [1.807, 2.05) is 19.2 Å². The first-order valence-electron chi connectivity index (χ1n) is 11.4. The molecule has 2 aromatic carbocycles. The Morgan fingerprint density at radius 2 is 2.08 bits per heavy atom. The predicted molar refractivity (Wildman–Crippen MR) is 144 cm³/mol. The first-order valence-corrected chi connectivity index (χ1v) is 12.6. The zero-order valence-corrected chi connectivity index (χ0v) is 21.8. The van der Waals surface area contributed by atoms with Gasteiger partial charge >= 0.3 is 5.97 Å². The lowest BCUT2D eigenvalue weighted by Crippen LogP contribution is -2.27. The fourth-order valence-electron chi connectivity index (χ4n) is 3.38. The molecule has 0 aliphatic carbocycles. The molecule has 1 N–H and O–H groups in total. The molecule has 0 bridgehead atoms. The molecule has 0 spiro atoms. The molecule has 10 heteroatoms.